The lowest BCUT2D eigenvalue weighted by Gasteiger charge is -2.17. The van der Waals surface area contributed by atoms with E-state index in [4.69, 9.17) is 0 Å². The van der Waals surface area contributed by atoms with Crippen LogP contribution < -0.4 is 10.6 Å². The van der Waals surface area contributed by atoms with E-state index in [1.165, 1.54) is 5.56 Å². The van der Waals surface area contributed by atoms with Crippen LogP contribution in [0.3, 0.4) is 0 Å². The molecule has 1 aromatic carbocycles. The number of benzene rings is 1. The minimum absolute atomic E-state index is 0. The van der Waals surface area contributed by atoms with E-state index in [1.807, 2.05) is 32.2 Å². The first kappa shape index (κ1) is 17.9. The Morgan fingerprint density at radius 2 is 1.84 bits per heavy atom. The van der Waals surface area contributed by atoms with Crippen molar-refractivity contribution >= 4 is 18.3 Å². The summed E-state index contributed by atoms with van der Waals surface area (Å²) in [7, 11) is 1.86. The van der Waals surface area contributed by atoms with Crippen LogP contribution in [-0.4, -0.2) is 25.5 Å². The van der Waals surface area contributed by atoms with Crippen molar-refractivity contribution in [3.63, 3.8) is 0 Å². The lowest BCUT2D eigenvalue weighted by Crippen LogP contribution is -2.39. The molecule has 0 aliphatic carbocycles. The minimum Gasteiger partial charge on any atom is -0.353 e. The predicted octanol–water partition coefficient (Wildman–Crippen LogP) is 2.40. The molecule has 1 aromatic rings. The van der Waals surface area contributed by atoms with Crippen molar-refractivity contribution in [1.29, 1.82) is 0 Å². The topological polar surface area (TPSA) is 41.1 Å². The quantitative estimate of drug-likeness (QED) is 0.807. The molecule has 2 N–H and O–H groups in total. The van der Waals surface area contributed by atoms with Gasteiger partial charge in [-0.2, -0.15) is 0 Å². The van der Waals surface area contributed by atoms with Gasteiger partial charge < -0.3 is 10.6 Å². The lowest BCUT2D eigenvalue weighted by atomic mass is 10.1. The summed E-state index contributed by atoms with van der Waals surface area (Å²) >= 11 is 0. The van der Waals surface area contributed by atoms with Gasteiger partial charge in [0, 0.05) is 18.5 Å². The molecule has 0 spiro atoms. The van der Waals surface area contributed by atoms with Gasteiger partial charge in [0.2, 0.25) is 5.91 Å². The second kappa shape index (κ2) is 9.82. The molecule has 0 saturated carbocycles. The summed E-state index contributed by atoms with van der Waals surface area (Å²) in [5.74, 6) is 0.152. The summed E-state index contributed by atoms with van der Waals surface area (Å²) in [4.78, 5) is 11.8. The van der Waals surface area contributed by atoms with Gasteiger partial charge in [0.05, 0.1) is 0 Å². The van der Waals surface area contributed by atoms with E-state index < -0.39 is 0 Å². The van der Waals surface area contributed by atoms with Crippen LogP contribution in [0.25, 0.3) is 0 Å². The lowest BCUT2D eigenvalue weighted by molar-refractivity contribution is -0.125. The SMILES string of the molecule is CNCC(C)C(=O)NC(C)CCc1ccccc1.Cl. The van der Waals surface area contributed by atoms with Gasteiger partial charge in [-0.3, -0.25) is 4.79 Å². The molecule has 2 atom stereocenters. The van der Waals surface area contributed by atoms with E-state index in [0.717, 1.165) is 19.4 Å². The first-order valence-corrected chi connectivity index (χ1v) is 6.62. The van der Waals surface area contributed by atoms with Crippen molar-refractivity contribution in [2.24, 2.45) is 5.92 Å². The number of nitrogens with one attached hydrogen (secondary N) is 2. The Balaban J connectivity index is 0.00000324. The molecule has 1 amide bonds. The average Bonchev–Trinajstić information content (AvgIpc) is 2.38. The number of aryl methyl sites for hydroxylation is 1. The summed E-state index contributed by atoms with van der Waals surface area (Å²) in [5.41, 5.74) is 1.32. The van der Waals surface area contributed by atoms with Crippen LogP contribution in [-0.2, 0) is 11.2 Å². The zero-order chi connectivity index (χ0) is 13.4. The summed E-state index contributed by atoms with van der Waals surface area (Å²) in [6.45, 7) is 4.72. The van der Waals surface area contributed by atoms with Gasteiger partial charge in [0.25, 0.3) is 0 Å². The van der Waals surface area contributed by atoms with Gasteiger partial charge >= 0.3 is 0 Å². The van der Waals surface area contributed by atoms with E-state index in [9.17, 15) is 4.79 Å². The van der Waals surface area contributed by atoms with Crippen LogP contribution in [0.5, 0.6) is 0 Å². The molecular formula is C15H25ClN2O. The van der Waals surface area contributed by atoms with Gasteiger partial charge in [0.15, 0.2) is 0 Å². The van der Waals surface area contributed by atoms with E-state index in [1.54, 1.807) is 0 Å². The van der Waals surface area contributed by atoms with Crippen molar-refractivity contribution in [2.45, 2.75) is 32.7 Å². The van der Waals surface area contributed by atoms with E-state index in [2.05, 4.69) is 29.7 Å². The van der Waals surface area contributed by atoms with Gasteiger partial charge in [-0.1, -0.05) is 37.3 Å². The number of halogens is 1. The molecule has 0 aliphatic heterocycles. The maximum absolute atomic E-state index is 11.8. The van der Waals surface area contributed by atoms with Crippen LogP contribution in [0, 0.1) is 5.92 Å². The fraction of sp³-hybridized carbons (Fsp3) is 0.533. The number of amides is 1. The first-order chi connectivity index (χ1) is 8.63. The number of hydrogen-bond donors (Lipinski definition) is 2. The van der Waals surface area contributed by atoms with Crippen LogP contribution in [0.1, 0.15) is 25.8 Å². The Morgan fingerprint density at radius 1 is 1.21 bits per heavy atom. The molecule has 0 saturated heterocycles. The Bertz CT molecular complexity index is 356. The molecule has 0 radical (unpaired) electrons. The second-order valence-electron chi connectivity index (χ2n) is 4.89. The number of carbonyl (C=O) groups excluding carboxylic acids is 1. The summed E-state index contributed by atoms with van der Waals surface area (Å²) in [6.07, 6.45) is 1.98. The normalized spacial score (nSPS) is 13.2. The molecule has 0 fully saturated rings. The van der Waals surface area contributed by atoms with E-state index in [-0.39, 0.29) is 30.3 Å². The van der Waals surface area contributed by atoms with Crippen molar-refractivity contribution in [3.05, 3.63) is 35.9 Å². The molecule has 0 aliphatic rings. The Labute approximate surface area is 122 Å². The predicted molar refractivity (Wildman–Crippen MR) is 82.7 cm³/mol. The highest BCUT2D eigenvalue weighted by molar-refractivity contribution is 5.85. The summed E-state index contributed by atoms with van der Waals surface area (Å²) < 4.78 is 0. The molecule has 19 heavy (non-hydrogen) atoms. The minimum atomic E-state index is 0. The second-order valence-corrected chi connectivity index (χ2v) is 4.89. The molecule has 108 valence electrons. The van der Waals surface area contributed by atoms with Gasteiger partial charge in [0.1, 0.15) is 0 Å². The Hall–Kier alpha value is -1.06. The number of carbonyl (C=O) groups is 1. The third kappa shape index (κ3) is 7.19. The molecule has 0 aromatic heterocycles. The van der Waals surface area contributed by atoms with Gasteiger partial charge in [-0.25, -0.2) is 0 Å². The molecule has 0 heterocycles. The zero-order valence-electron chi connectivity index (χ0n) is 12.0. The summed E-state index contributed by atoms with van der Waals surface area (Å²) in [6, 6.07) is 10.6. The smallest absolute Gasteiger partial charge is 0.224 e. The Kier molecular flexibility index (Phi) is 9.27. The third-order valence-corrected chi connectivity index (χ3v) is 3.06. The van der Waals surface area contributed by atoms with Crippen LogP contribution in [0.15, 0.2) is 30.3 Å². The number of rotatable bonds is 7. The average molecular weight is 285 g/mol. The van der Waals surface area contributed by atoms with Crippen LogP contribution >= 0.6 is 12.4 Å². The molecule has 4 heteroatoms. The molecular weight excluding hydrogens is 260 g/mol. The van der Waals surface area contributed by atoms with Crippen LogP contribution in [0.4, 0.5) is 0 Å². The standard InChI is InChI=1S/C15H24N2O.ClH/c1-12(11-16-3)15(18)17-13(2)9-10-14-7-5-4-6-8-14;/h4-8,12-13,16H,9-11H2,1-3H3,(H,17,18);1H. The molecule has 3 nitrogen and oxygen atoms in total. The zero-order valence-corrected chi connectivity index (χ0v) is 12.8. The highest BCUT2D eigenvalue weighted by Crippen LogP contribution is 2.05. The van der Waals surface area contributed by atoms with E-state index in [0.29, 0.717) is 0 Å². The monoisotopic (exact) mass is 284 g/mol. The first-order valence-electron chi connectivity index (χ1n) is 6.62. The largest absolute Gasteiger partial charge is 0.353 e. The van der Waals surface area contributed by atoms with Crippen molar-refractivity contribution in [2.75, 3.05) is 13.6 Å². The number of hydrogen-bond acceptors (Lipinski definition) is 2. The van der Waals surface area contributed by atoms with Crippen molar-refractivity contribution in [3.8, 4) is 0 Å². The fourth-order valence-corrected chi connectivity index (χ4v) is 1.88. The molecule has 1 rings (SSSR count). The third-order valence-electron chi connectivity index (χ3n) is 3.06. The maximum atomic E-state index is 11.8. The van der Waals surface area contributed by atoms with Crippen LogP contribution in [0.2, 0.25) is 0 Å². The summed E-state index contributed by atoms with van der Waals surface area (Å²) in [5, 5.41) is 6.07. The van der Waals surface area contributed by atoms with Gasteiger partial charge in [-0.15, -0.1) is 12.4 Å². The highest BCUT2D eigenvalue weighted by Gasteiger charge is 2.14. The maximum Gasteiger partial charge on any atom is 0.224 e. The highest BCUT2D eigenvalue weighted by atomic mass is 35.5. The molecule has 2 unspecified atom stereocenters. The van der Waals surface area contributed by atoms with Crippen molar-refractivity contribution in [1.82, 2.24) is 10.6 Å². The fourth-order valence-electron chi connectivity index (χ4n) is 1.88. The molecule has 0 bridgehead atoms. The van der Waals surface area contributed by atoms with Crippen molar-refractivity contribution < 1.29 is 4.79 Å². The van der Waals surface area contributed by atoms with E-state index >= 15 is 0 Å². The Morgan fingerprint density at radius 3 is 2.42 bits per heavy atom. The van der Waals surface area contributed by atoms with Gasteiger partial charge in [-0.05, 0) is 32.4 Å².